The summed E-state index contributed by atoms with van der Waals surface area (Å²) in [7, 11) is 0. The van der Waals surface area contributed by atoms with Gasteiger partial charge >= 0.3 is 6.09 Å². The van der Waals surface area contributed by atoms with Gasteiger partial charge in [-0.05, 0) is 25.3 Å². The Morgan fingerprint density at radius 1 is 1.21 bits per heavy atom. The molecule has 0 radical (unpaired) electrons. The van der Waals surface area contributed by atoms with Crippen molar-refractivity contribution in [3.8, 4) is 0 Å². The number of nitrogens with two attached hydrogens (primary N) is 1. The van der Waals surface area contributed by atoms with Crippen molar-refractivity contribution in [1.82, 2.24) is 5.32 Å². The summed E-state index contributed by atoms with van der Waals surface area (Å²) in [4.78, 5) is 11.9. The molecule has 3 N–H and O–H groups in total. The highest BCUT2D eigenvalue weighted by atomic mass is 16.6. The van der Waals surface area contributed by atoms with Crippen molar-refractivity contribution in [2.45, 2.75) is 50.3 Å². The number of rotatable bonds is 2. The lowest BCUT2D eigenvalue weighted by molar-refractivity contribution is 0.115. The molecule has 0 saturated heterocycles. The van der Waals surface area contributed by atoms with E-state index in [0.717, 1.165) is 32.1 Å². The van der Waals surface area contributed by atoms with Crippen molar-refractivity contribution in [2.75, 3.05) is 0 Å². The van der Waals surface area contributed by atoms with E-state index in [4.69, 9.17) is 10.5 Å². The number of carbonyl (C=O) groups excluding carboxylic acids is 1. The topological polar surface area (TPSA) is 64.3 Å². The molecule has 2 unspecified atom stereocenters. The van der Waals surface area contributed by atoms with E-state index in [0.29, 0.717) is 0 Å². The van der Waals surface area contributed by atoms with Gasteiger partial charge in [-0.1, -0.05) is 36.8 Å². The summed E-state index contributed by atoms with van der Waals surface area (Å²) < 4.78 is 5.35. The summed E-state index contributed by atoms with van der Waals surface area (Å²) in [5, 5.41) is 2.89. The summed E-state index contributed by atoms with van der Waals surface area (Å²) in [6.07, 6.45) is 16.2. The lowest BCUT2D eigenvalue weighted by Crippen LogP contribution is -2.47. The average Bonchev–Trinajstić information content (AvgIpc) is 2.40. The Bertz CT molecular complexity index is 388. The minimum absolute atomic E-state index is 0.0350. The van der Waals surface area contributed by atoms with Gasteiger partial charge in [0.25, 0.3) is 0 Å². The highest BCUT2D eigenvalue weighted by Gasteiger charge is 2.21. The standard InChI is InChI=1S/C15H22N2O2/c16-13-10-6-1-2-7-11-14(13)17-15(18)19-12-8-4-3-5-9-12/h3-6,8,10,12-14H,1-2,7,9,11,16H2,(H,17,18)/b10-6+/t12-,13?,14?/m0/s1. The zero-order chi connectivity index (χ0) is 13.5. The molecule has 0 bridgehead atoms. The first-order valence-electron chi connectivity index (χ1n) is 6.98. The van der Waals surface area contributed by atoms with Crippen LogP contribution in [-0.4, -0.2) is 24.3 Å². The van der Waals surface area contributed by atoms with Crippen LogP contribution < -0.4 is 11.1 Å². The molecule has 0 fully saturated rings. The number of amides is 1. The molecule has 4 heteroatoms. The molecule has 3 atom stereocenters. The van der Waals surface area contributed by atoms with E-state index in [9.17, 15) is 4.79 Å². The zero-order valence-electron chi connectivity index (χ0n) is 11.1. The predicted octanol–water partition coefficient (Wildman–Crippen LogP) is 2.42. The maximum absolute atomic E-state index is 11.9. The van der Waals surface area contributed by atoms with Gasteiger partial charge in [0.2, 0.25) is 0 Å². The fourth-order valence-corrected chi connectivity index (χ4v) is 2.34. The monoisotopic (exact) mass is 262 g/mol. The first-order chi connectivity index (χ1) is 9.25. The second-order valence-electron chi connectivity index (χ2n) is 5.03. The van der Waals surface area contributed by atoms with Crippen LogP contribution in [0.4, 0.5) is 4.79 Å². The van der Waals surface area contributed by atoms with Gasteiger partial charge in [0.1, 0.15) is 6.10 Å². The Balaban J connectivity index is 1.82. The number of allylic oxidation sites excluding steroid dienone is 3. The molecule has 0 heterocycles. The number of hydrogen-bond donors (Lipinski definition) is 2. The molecule has 0 aromatic rings. The number of alkyl carbamates (subject to hydrolysis) is 1. The Labute approximate surface area is 114 Å². The van der Waals surface area contributed by atoms with Crippen LogP contribution in [0.5, 0.6) is 0 Å². The normalized spacial score (nSPS) is 32.2. The second-order valence-corrected chi connectivity index (χ2v) is 5.03. The molecule has 0 spiro atoms. The third kappa shape index (κ3) is 4.56. The van der Waals surface area contributed by atoms with E-state index in [2.05, 4.69) is 11.4 Å². The first-order valence-corrected chi connectivity index (χ1v) is 6.98. The Morgan fingerprint density at radius 3 is 2.89 bits per heavy atom. The zero-order valence-corrected chi connectivity index (χ0v) is 11.1. The largest absolute Gasteiger partial charge is 0.442 e. The Morgan fingerprint density at radius 2 is 2.11 bits per heavy atom. The summed E-state index contributed by atoms with van der Waals surface area (Å²) in [5.74, 6) is 0. The van der Waals surface area contributed by atoms with E-state index >= 15 is 0 Å². The summed E-state index contributed by atoms with van der Waals surface area (Å²) >= 11 is 0. The van der Waals surface area contributed by atoms with Crippen molar-refractivity contribution < 1.29 is 9.53 Å². The number of ether oxygens (including phenoxy) is 1. The molecule has 1 amide bonds. The molecule has 0 aromatic carbocycles. The molecule has 4 nitrogen and oxygen atoms in total. The molecule has 0 aliphatic heterocycles. The smallest absolute Gasteiger partial charge is 0.408 e. The molecule has 104 valence electrons. The number of hydrogen-bond acceptors (Lipinski definition) is 3. The summed E-state index contributed by atoms with van der Waals surface area (Å²) in [5.41, 5.74) is 6.05. The van der Waals surface area contributed by atoms with E-state index in [1.165, 1.54) is 0 Å². The minimum Gasteiger partial charge on any atom is -0.442 e. The molecule has 0 aromatic heterocycles. The molecule has 2 rings (SSSR count). The number of nitrogens with one attached hydrogen (secondary N) is 1. The van der Waals surface area contributed by atoms with Gasteiger partial charge in [0.05, 0.1) is 6.04 Å². The van der Waals surface area contributed by atoms with Crippen molar-refractivity contribution in [2.24, 2.45) is 5.73 Å². The van der Waals surface area contributed by atoms with Crippen LogP contribution >= 0.6 is 0 Å². The molecular weight excluding hydrogens is 240 g/mol. The molecular formula is C15H22N2O2. The Kier molecular flexibility index (Phi) is 5.21. The van der Waals surface area contributed by atoms with Gasteiger partial charge < -0.3 is 15.8 Å². The fourth-order valence-electron chi connectivity index (χ4n) is 2.34. The molecule has 0 saturated carbocycles. The SMILES string of the molecule is NC1/C=C/CCCCC1NC(=O)O[C@H]1C=CC=CC1. The average molecular weight is 262 g/mol. The van der Waals surface area contributed by atoms with Gasteiger partial charge in [0, 0.05) is 12.5 Å². The maximum atomic E-state index is 11.9. The third-order valence-corrected chi connectivity index (χ3v) is 3.46. The predicted molar refractivity (Wildman–Crippen MR) is 75.7 cm³/mol. The van der Waals surface area contributed by atoms with Crippen molar-refractivity contribution in [1.29, 1.82) is 0 Å². The van der Waals surface area contributed by atoms with E-state index < -0.39 is 0 Å². The lowest BCUT2D eigenvalue weighted by atomic mass is 9.98. The van der Waals surface area contributed by atoms with Crippen LogP contribution in [-0.2, 0) is 4.74 Å². The van der Waals surface area contributed by atoms with Gasteiger partial charge in [-0.25, -0.2) is 4.79 Å². The van der Waals surface area contributed by atoms with Crippen LogP contribution in [0.25, 0.3) is 0 Å². The van der Waals surface area contributed by atoms with Crippen molar-refractivity contribution in [3.63, 3.8) is 0 Å². The van der Waals surface area contributed by atoms with Crippen LogP contribution in [0.2, 0.25) is 0 Å². The first kappa shape index (κ1) is 13.9. The van der Waals surface area contributed by atoms with Crippen LogP contribution in [0.15, 0.2) is 36.5 Å². The molecule has 2 aliphatic rings. The molecule has 2 aliphatic carbocycles. The number of carbonyl (C=O) groups is 1. The quantitative estimate of drug-likeness (QED) is 0.751. The van der Waals surface area contributed by atoms with E-state index in [1.807, 2.05) is 30.4 Å². The maximum Gasteiger partial charge on any atom is 0.408 e. The highest BCUT2D eigenvalue weighted by molar-refractivity contribution is 5.68. The van der Waals surface area contributed by atoms with Crippen LogP contribution in [0.3, 0.4) is 0 Å². The van der Waals surface area contributed by atoms with Gasteiger partial charge in [-0.3, -0.25) is 0 Å². The molecule has 19 heavy (non-hydrogen) atoms. The highest BCUT2D eigenvalue weighted by Crippen LogP contribution is 2.13. The minimum atomic E-state index is -0.376. The second kappa shape index (κ2) is 7.14. The third-order valence-electron chi connectivity index (χ3n) is 3.46. The fraction of sp³-hybridized carbons (Fsp3) is 0.533. The van der Waals surface area contributed by atoms with Gasteiger partial charge in [-0.2, -0.15) is 0 Å². The lowest BCUT2D eigenvalue weighted by Gasteiger charge is -2.25. The van der Waals surface area contributed by atoms with Crippen molar-refractivity contribution >= 4 is 6.09 Å². The Hall–Kier alpha value is -1.55. The summed E-state index contributed by atoms with van der Waals surface area (Å²) in [6, 6.07) is -0.165. The van der Waals surface area contributed by atoms with Crippen molar-refractivity contribution in [3.05, 3.63) is 36.5 Å². The van der Waals surface area contributed by atoms with E-state index in [1.54, 1.807) is 0 Å². The summed E-state index contributed by atoms with van der Waals surface area (Å²) in [6.45, 7) is 0. The van der Waals surface area contributed by atoms with Crippen LogP contribution in [0, 0.1) is 0 Å². The van der Waals surface area contributed by atoms with E-state index in [-0.39, 0.29) is 24.3 Å². The van der Waals surface area contributed by atoms with Crippen LogP contribution in [0.1, 0.15) is 32.1 Å². The van der Waals surface area contributed by atoms with Gasteiger partial charge in [-0.15, -0.1) is 0 Å². The van der Waals surface area contributed by atoms with Gasteiger partial charge in [0.15, 0.2) is 0 Å².